The van der Waals surface area contributed by atoms with Gasteiger partial charge in [-0.3, -0.25) is 19.9 Å². The lowest BCUT2D eigenvalue weighted by molar-refractivity contribution is -0.398. The summed E-state index contributed by atoms with van der Waals surface area (Å²) in [5.74, 6) is -1.29. The monoisotopic (exact) mass is 377 g/mol. The van der Waals surface area contributed by atoms with E-state index < -0.39 is 22.3 Å². The number of amides is 1. The van der Waals surface area contributed by atoms with E-state index in [1.165, 1.54) is 12.3 Å². The lowest BCUT2D eigenvalue weighted by Gasteiger charge is -2.10. The molecule has 0 saturated carbocycles. The maximum absolute atomic E-state index is 11.9. The lowest BCUT2D eigenvalue weighted by Crippen LogP contribution is -2.18. The number of nitrogens with one attached hydrogen (secondary N) is 1. The summed E-state index contributed by atoms with van der Waals surface area (Å²) in [6, 6.07) is 5.73. The third-order valence-electron chi connectivity index (χ3n) is 2.80. The first-order valence-corrected chi connectivity index (χ1v) is 7.09. The van der Waals surface area contributed by atoms with Gasteiger partial charge in [0.1, 0.15) is 0 Å². The fraction of sp³-hybridized carbons (Fsp3) is 0.0714. The molecule has 0 atom stereocenters. The number of rotatable bonds is 4. The smallest absolute Gasteiger partial charge is 0.272 e. The molecule has 0 saturated heterocycles. The highest BCUT2D eigenvalue weighted by Gasteiger charge is 2.11. The zero-order valence-electron chi connectivity index (χ0n) is 11.8. The van der Waals surface area contributed by atoms with Crippen LogP contribution in [0.25, 0.3) is 0 Å². The van der Waals surface area contributed by atoms with Crippen LogP contribution in [0.15, 0.2) is 40.0 Å². The summed E-state index contributed by atoms with van der Waals surface area (Å²) in [6.07, 6.45) is 2.45. The van der Waals surface area contributed by atoms with Crippen LogP contribution in [-0.4, -0.2) is 22.0 Å². The molecule has 0 fully saturated rings. The number of aryl methyl sites for hydroxylation is 1. The standard InChI is InChI=1S/C14H11BrN4O4/c1-8-2-3-9(6-16-8)14(21)18-17-7-10-4-11(15)5-12(13(10)20)19(22)23/h2-7,20H,1H3,(H,18,21)/p-1/b17-7+. The summed E-state index contributed by atoms with van der Waals surface area (Å²) in [7, 11) is 0. The number of nitro groups is 1. The average Bonchev–Trinajstić information content (AvgIpc) is 2.50. The van der Waals surface area contributed by atoms with Gasteiger partial charge in [0.15, 0.2) is 0 Å². The van der Waals surface area contributed by atoms with Gasteiger partial charge < -0.3 is 5.11 Å². The molecule has 1 aromatic heterocycles. The summed E-state index contributed by atoms with van der Waals surface area (Å²) < 4.78 is 0.360. The summed E-state index contributed by atoms with van der Waals surface area (Å²) in [4.78, 5) is 25.8. The molecule has 9 heteroatoms. The predicted molar refractivity (Wildman–Crippen MR) is 84.3 cm³/mol. The third-order valence-corrected chi connectivity index (χ3v) is 3.26. The third kappa shape index (κ3) is 4.10. The van der Waals surface area contributed by atoms with Crippen LogP contribution < -0.4 is 10.5 Å². The van der Waals surface area contributed by atoms with Crippen molar-refractivity contribution in [2.45, 2.75) is 6.92 Å². The maximum Gasteiger partial charge on any atom is 0.272 e. The molecule has 1 aromatic carbocycles. The molecule has 0 aliphatic heterocycles. The summed E-state index contributed by atoms with van der Waals surface area (Å²) in [5.41, 5.74) is 2.70. The van der Waals surface area contributed by atoms with E-state index in [1.54, 1.807) is 19.1 Å². The minimum Gasteiger partial charge on any atom is -0.867 e. The van der Waals surface area contributed by atoms with Crippen LogP contribution in [0.4, 0.5) is 5.69 Å². The minimum absolute atomic E-state index is 0.0200. The minimum atomic E-state index is -0.784. The van der Waals surface area contributed by atoms with Crippen molar-refractivity contribution in [1.82, 2.24) is 10.4 Å². The van der Waals surface area contributed by atoms with E-state index in [0.717, 1.165) is 18.0 Å². The van der Waals surface area contributed by atoms with Crippen molar-refractivity contribution in [1.29, 1.82) is 0 Å². The van der Waals surface area contributed by atoms with Gasteiger partial charge in [0, 0.05) is 22.4 Å². The van der Waals surface area contributed by atoms with Crippen molar-refractivity contribution in [2.75, 3.05) is 0 Å². The normalized spacial score (nSPS) is 10.7. The Morgan fingerprint density at radius 1 is 1.43 bits per heavy atom. The van der Waals surface area contributed by atoms with Crippen LogP contribution in [0.5, 0.6) is 5.75 Å². The number of benzene rings is 1. The number of hydrazone groups is 1. The van der Waals surface area contributed by atoms with E-state index >= 15 is 0 Å². The Hall–Kier alpha value is -2.81. The highest BCUT2D eigenvalue weighted by molar-refractivity contribution is 9.10. The molecule has 0 bridgehead atoms. The highest BCUT2D eigenvalue weighted by atomic mass is 79.9. The summed E-state index contributed by atoms with van der Waals surface area (Å²) >= 11 is 3.08. The number of carbonyl (C=O) groups is 1. The van der Waals surface area contributed by atoms with E-state index in [0.29, 0.717) is 10.0 Å². The zero-order chi connectivity index (χ0) is 17.0. The molecule has 2 rings (SSSR count). The van der Waals surface area contributed by atoms with Gasteiger partial charge in [-0.1, -0.05) is 15.9 Å². The lowest BCUT2D eigenvalue weighted by atomic mass is 10.2. The molecule has 0 aliphatic rings. The van der Waals surface area contributed by atoms with Gasteiger partial charge in [0.05, 0.1) is 16.7 Å². The zero-order valence-corrected chi connectivity index (χ0v) is 13.4. The Bertz CT molecular complexity index is 790. The van der Waals surface area contributed by atoms with Gasteiger partial charge in [0.25, 0.3) is 11.6 Å². The van der Waals surface area contributed by atoms with Crippen molar-refractivity contribution in [3.63, 3.8) is 0 Å². The van der Waals surface area contributed by atoms with Crippen LogP contribution >= 0.6 is 15.9 Å². The van der Waals surface area contributed by atoms with Crippen LogP contribution in [0.1, 0.15) is 21.6 Å². The van der Waals surface area contributed by atoms with Crippen LogP contribution in [0.3, 0.4) is 0 Å². The first-order chi connectivity index (χ1) is 10.9. The van der Waals surface area contributed by atoms with E-state index in [2.05, 4.69) is 31.4 Å². The van der Waals surface area contributed by atoms with Gasteiger partial charge in [-0.05, 0) is 36.4 Å². The maximum atomic E-state index is 11.9. The fourth-order valence-electron chi connectivity index (χ4n) is 1.66. The molecular weight excluding hydrogens is 368 g/mol. The van der Waals surface area contributed by atoms with E-state index in [4.69, 9.17) is 0 Å². The van der Waals surface area contributed by atoms with Gasteiger partial charge >= 0.3 is 0 Å². The molecule has 1 N–H and O–H groups in total. The number of pyridine rings is 1. The predicted octanol–water partition coefficient (Wildman–Crippen LogP) is 1.90. The fourth-order valence-corrected chi connectivity index (χ4v) is 2.12. The molecule has 8 nitrogen and oxygen atoms in total. The molecular formula is C14H10BrN4O4-. The molecule has 0 spiro atoms. The quantitative estimate of drug-likeness (QED) is 0.495. The second kappa shape index (κ2) is 6.97. The number of hydrogen-bond acceptors (Lipinski definition) is 6. The Kier molecular flexibility index (Phi) is 5.02. The number of halogens is 1. The van der Waals surface area contributed by atoms with Gasteiger partial charge in [0.2, 0.25) is 0 Å². The van der Waals surface area contributed by atoms with Gasteiger partial charge in [-0.2, -0.15) is 5.10 Å². The average molecular weight is 378 g/mol. The Morgan fingerprint density at radius 2 is 2.17 bits per heavy atom. The van der Waals surface area contributed by atoms with Crippen LogP contribution in [0, 0.1) is 17.0 Å². The molecule has 0 aliphatic carbocycles. The number of hydrogen-bond donors (Lipinski definition) is 1. The van der Waals surface area contributed by atoms with Crippen LogP contribution in [-0.2, 0) is 0 Å². The highest BCUT2D eigenvalue weighted by Crippen LogP contribution is 2.30. The van der Waals surface area contributed by atoms with E-state index in [1.807, 2.05) is 0 Å². The molecule has 0 unspecified atom stereocenters. The van der Waals surface area contributed by atoms with Gasteiger partial charge in [-0.15, -0.1) is 0 Å². The molecule has 1 heterocycles. The van der Waals surface area contributed by atoms with Crippen molar-refractivity contribution >= 4 is 33.7 Å². The molecule has 118 valence electrons. The molecule has 0 radical (unpaired) electrons. The molecule has 2 aromatic rings. The second-order valence-corrected chi connectivity index (χ2v) is 5.40. The number of carbonyl (C=O) groups excluding carboxylic acids is 1. The Morgan fingerprint density at radius 3 is 2.78 bits per heavy atom. The summed E-state index contributed by atoms with van der Waals surface area (Å²) in [5, 5.41) is 26.3. The Balaban J connectivity index is 2.16. The van der Waals surface area contributed by atoms with E-state index in [-0.39, 0.29) is 5.56 Å². The first-order valence-electron chi connectivity index (χ1n) is 6.29. The summed E-state index contributed by atoms with van der Waals surface area (Å²) in [6.45, 7) is 1.79. The van der Waals surface area contributed by atoms with Crippen molar-refractivity contribution in [2.24, 2.45) is 5.10 Å². The van der Waals surface area contributed by atoms with Crippen molar-refractivity contribution in [3.05, 3.63) is 61.9 Å². The largest absolute Gasteiger partial charge is 0.867 e. The van der Waals surface area contributed by atoms with E-state index in [9.17, 15) is 20.0 Å². The second-order valence-electron chi connectivity index (χ2n) is 4.49. The topological polar surface area (TPSA) is 121 Å². The number of nitro benzene ring substituents is 1. The number of aromatic nitrogens is 1. The van der Waals surface area contributed by atoms with Crippen molar-refractivity contribution < 1.29 is 14.8 Å². The molecule has 23 heavy (non-hydrogen) atoms. The SMILES string of the molecule is Cc1ccc(C(=O)N/N=C/c2cc(Br)cc([N+](=O)[O-])c2[O-])cn1. The van der Waals surface area contributed by atoms with Crippen molar-refractivity contribution in [3.8, 4) is 5.75 Å². The first kappa shape index (κ1) is 16.6. The Labute approximate surface area is 139 Å². The van der Waals surface area contributed by atoms with Gasteiger partial charge in [-0.25, -0.2) is 5.43 Å². The number of nitrogens with zero attached hydrogens (tertiary/aromatic N) is 3. The van der Waals surface area contributed by atoms with Crippen LogP contribution in [0.2, 0.25) is 0 Å². The molecule has 1 amide bonds.